The summed E-state index contributed by atoms with van der Waals surface area (Å²) in [6.45, 7) is -0.602. The highest BCUT2D eigenvalue weighted by molar-refractivity contribution is 6.24. The van der Waals surface area contributed by atoms with Crippen LogP contribution in [0.1, 0.15) is 18.4 Å². The molecule has 3 fully saturated rings. The highest BCUT2D eigenvalue weighted by Crippen LogP contribution is 2.48. The van der Waals surface area contributed by atoms with Gasteiger partial charge in [0.1, 0.15) is 30.3 Å². The lowest BCUT2D eigenvalue weighted by molar-refractivity contribution is -0.138. The Kier molecular flexibility index (Phi) is 5.49. The maximum atomic E-state index is 14.6. The van der Waals surface area contributed by atoms with Crippen LogP contribution < -0.4 is 9.64 Å². The average Bonchev–Trinajstić information content (AvgIpc) is 3.62. The molecule has 10 heteroatoms. The fraction of sp³-hybridized carbons (Fsp3) is 0.375. The van der Waals surface area contributed by atoms with E-state index >= 15 is 0 Å². The summed E-state index contributed by atoms with van der Waals surface area (Å²) in [6, 6.07) is 10.3. The summed E-state index contributed by atoms with van der Waals surface area (Å²) in [6.07, 6.45) is 0.0532. The van der Waals surface area contributed by atoms with Crippen molar-refractivity contribution < 1.29 is 28.6 Å². The number of imide groups is 1. The Hall–Kier alpha value is -3.84. The third kappa shape index (κ3) is 3.78. The number of hydrogen-bond donors (Lipinski definition) is 1. The summed E-state index contributed by atoms with van der Waals surface area (Å²) in [5, 5.41) is 18.6. The van der Waals surface area contributed by atoms with Gasteiger partial charge in [0.25, 0.3) is 0 Å². The standard InChI is InChI=1S/C24H21FN4O5/c25-18-11-28(22(31)12-30)6-4-20(18)34-19-2-1-13(7-15(19)10-26)14-3-5-27-21(8-14)29-23(32)16-9-17(16)24(29)33/h1-3,5,7-8,16-18,20,30H,4,6,9,11-12H2/t16?,17?,18-,20+/m1/s1. The van der Waals surface area contributed by atoms with Gasteiger partial charge in [0.2, 0.25) is 17.7 Å². The van der Waals surface area contributed by atoms with Crippen LogP contribution in [0.4, 0.5) is 10.2 Å². The molecule has 3 heterocycles. The van der Waals surface area contributed by atoms with Crippen LogP contribution in [0, 0.1) is 23.2 Å². The minimum atomic E-state index is -1.46. The van der Waals surface area contributed by atoms with E-state index in [-0.39, 0.29) is 60.3 Å². The number of pyridine rings is 1. The molecular formula is C24H21FN4O5. The molecule has 5 rings (SSSR count). The molecule has 1 aromatic heterocycles. The number of hydrogen-bond acceptors (Lipinski definition) is 7. The number of benzene rings is 1. The van der Waals surface area contributed by atoms with Gasteiger partial charge in [-0.05, 0) is 41.8 Å². The largest absolute Gasteiger partial charge is 0.486 e. The quantitative estimate of drug-likeness (QED) is 0.664. The number of aromatic nitrogens is 1. The number of nitrogens with zero attached hydrogens (tertiary/aromatic N) is 4. The summed E-state index contributed by atoms with van der Waals surface area (Å²) in [5.41, 5.74) is 1.51. The van der Waals surface area contributed by atoms with E-state index in [1.807, 2.05) is 0 Å². The summed E-state index contributed by atoms with van der Waals surface area (Å²) < 4.78 is 20.4. The summed E-state index contributed by atoms with van der Waals surface area (Å²) in [4.78, 5) is 42.9. The number of carbonyl (C=O) groups excluding carboxylic acids is 3. The smallest absolute Gasteiger partial charge is 0.248 e. The van der Waals surface area contributed by atoms with Crippen LogP contribution in [0.5, 0.6) is 5.75 Å². The molecule has 34 heavy (non-hydrogen) atoms. The first-order valence-electron chi connectivity index (χ1n) is 11.0. The molecular weight excluding hydrogens is 443 g/mol. The van der Waals surface area contributed by atoms with Crippen molar-refractivity contribution in [1.82, 2.24) is 9.88 Å². The van der Waals surface area contributed by atoms with Crippen molar-refractivity contribution in [2.45, 2.75) is 25.1 Å². The van der Waals surface area contributed by atoms with Crippen LogP contribution in [0.2, 0.25) is 0 Å². The zero-order valence-electron chi connectivity index (χ0n) is 18.1. The van der Waals surface area contributed by atoms with E-state index in [0.29, 0.717) is 17.5 Å². The molecule has 2 aromatic rings. The SMILES string of the molecule is N#Cc1cc(-c2ccnc(N3C(=O)C4CC4C3=O)c2)ccc1O[C@H]1CCN(C(=O)CO)C[C@H]1F. The van der Waals surface area contributed by atoms with Crippen molar-refractivity contribution in [2.24, 2.45) is 11.8 Å². The normalized spacial score (nSPS) is 25.7. The summed E-state index contributed by atoms with van der Waals surface area (Å²) in [5.74, 6) is -0.973. The van der Waals surface area contributed by atoms with Crippen LogP contribution in [0.3, 0.4) is 0 Å². The van der Waals surface area contributed by atoms with Crippen LogP contribution in [0.25, 0.3) is 11.1 Å². The fourth-order valence-corrected chi connectivity index (χ4v) is 4.53. The maximum Gasteiger partial charge on any atom is 0.248 e. The number of aliphatic hydroxyl groups excluding tert-OH is 1. The molecule has 1 aliphatic carbocycles. The molecule has 1 N–H and O–H groups in total. The number of nitriles is 1. The number of likely N-dealkylation sites (tertiary alicyclic amines) is 1. The molecule has 2 saturated heterocycles. The molecule has 0 bridgehead atoms. The van der Waals surface area contributed by atoms with Gasteiger partial charge in [-0.1, -0.05) is 6.07 Å². The monoisotopic (exact) mass is 464 g/mol. The Morgan fingerprint density at radius 2 is 1.94 bits per heavy atom. The first-order valence-corrected chi connectivity index (χ1v) is 11.0. The predicted octanol–water partition coefficient (Wildman–Crippen LogP) is 1.44. The Labute approximate surface area is 194 Å². The molecule has 1 aromatic carbocycles. The van der Waals surface area contributed by atoms with Gasteiger partial charge in [0, 0.05) is 19.2 Å². The summed E-state index contributed by atoms with van der Waals surface area (Å²) in [7, 11) is 0. The van der Waals surface area contributed by atoms with Crippen LogP contribution >= 0.6 is 0 Å². The zero-order chi connectivity index (χ0) is 24.0. The molecule has 0 radical (unpaired) electrons. The van der Waals surface area contributed by atoms with Gasteiger partial charge in [-0.15, -0.1) is 0 Å². The van der Waals surface area contributed by atoms with Crippen molar-refractivity contribution in [3.05, 3.63) is 42.1 Å². The Balaban J connectivity index is 1.34. The molecule has 174 valence electrons. The second-order valence-electron chi connectivity index (χ2n) is 8.64. The minimum absolute atomic E-state index is 0.181. The lowest BCUT2D eigenvalue weighted by atomic mass is 10.0. The van der Waals surface area contributed by atoms with Crippen molar-refractivity contribution in [2.75, 3.05) is 24.6 Å². The number of anilines is 1. The van der Waals surface area contributed by atoms with E-state index in [4.69, 9.17) is 9.84 Å². The van der Waals surface area contributed by atoms with Gasteiger partial charge in [-0.25, -0.2) is 14.3 Å². The fourth-order valence-electron chi connectivity index (χ4n) is 4.53. The van der Waals surface area contributed by atoms with Gasteiger partial charge < -0.3 is 14.7 Å². The molecule has 2 unspecified atom stereocenters. The highest BCUT2D eigenvalue weighted by atomic mass is 19.1. The van der Waals surface area contributed by atoms with Crippen molar-refractivity contribution in [3.63, 3.8) is 0 Å². The van der Waals surface area contributed by atoms with Crippen molar-refractivity contribution in [1.29, 1.82) is 5.26 Å². The molecule has 9 nitrogen and oxygen atoms in total. The van der Waals surface area contributed by atoms with Gasteiger partial charge in [-0.2, -0.15) is 5.26 Å². The van der Waals surface area contributed by atoms with Crippen molar-refractivity contribution >= 4 is 23.5 Å². The lowest BCUT2D eigenvalue weighted by Gasteiger charge is -2.34. The Morgan fingerprint density at radius 1 is 1.21 bits per heavy atom. The van der Waals surface area contributed by atoms with Crippen LogP contribution in [0.15, 0.2) is 36.5 Å². The number of ether oxygens (including phenoxy) is 1. The maximum absolute atomic E-state index is 14.6. The van der Waals surface area contributed by atoms with Gasteiger partial charge >= 0.3 is 0 Å². The zero-order valence-corrected chi connectivity index (χ0v) is 18.1. The van der Waals surface area contributed by atoms with Crippen molar-refractivity contribution in [3.8, 4) is 22.9 Å². The highest BCUT2D eigenvalue weighted by Gasteiger charge is 2.59. The molecule has 4 atom stereocenters. The molecule has 2 aliphatic heterocycles. The van der Waals surface area contributed by atoms with Gasteiger partial charge in [0.05, 0.1) is 23.9 Å². The van der Waals surface area contributed by atoms with Crippen LogP contribution in [-0.4, -0.2) is 64.7 Å². The summed E-state index contributed by atoms with van der Waals surface area (Å²) >= 11 is 0. The van der Waals surface area contributed by atoms with E-state index in [1.165, 1.54) is 11.1 Å². The molecule has 3 aliphatic rings. The first kappa shape index (κ1) is 22.0. The lowest BCUT2D eigenvalue weighted by Crippen LogP contribution is -2.50. The van der Waals surface area contributed by atoms with Gasteiger partial charge in [0.15, 0.2) is 6.17 Å². The molecule has 1 saturated carbocycles. The average molecular weight is 464 g/mol. The number of piperidine rings is 2. The number of halogens is 1. The van der Waals surface area contributed by atoms with Crippen LogP contribution in [-0.2, 0) is 14.4 Å². The predicted molar refractivity (Wildman–Crippen MR) is 116 cm³/mol. The van der Waals surface area contributed by atoms with E-state index in [1.54, 1.807) is 30.3 Å². The molecule has 3 amide bonds. The second-order valence-corrected chi connectivity index (χ2v) is 8.64. The topological polar surface area (TPSA) is 124 Å². The third-order valence-electron chi connectivity index (χ3n) is 6.52. The Bertz CT molecular complexity index is 1210. The van der Waals surface area contributed by atoms with E-state index in [2.05, 4.69) is 11.1 Å². The first-order chi connectivity index (χ1) is 16.4. The Morgan fingerprint density at radius 3 is 2.62 bits per heavy atom. The van der Waals surface area contributed by atoms with E-state index in [0.717, 1.165) is 4.90 Å². The minimum Gasteiger partial charge on any atom is -0.486 e. The number of aliphatic hydroxyl groups is 1. The third-order valence-corrected chi connectivity index (χ3v) is 6.52. The number of fused-ring (bicyclic) bond motifs is 1. The number of rotatable bonds is 5. The van der Waals surface area contributed by atoms with E-state index in [9.17, 15) is 24.0 Å². The number of amides is 3. The number of carbonyl (C=O) groups is 3. The molecule has 0 spiro atoms. The number of alkyl halides is 1. The second kappa shape index (κ2) is 8.50. The van der Waals surface area contributed by atoms with Gasteiger partial charge in [-0.3, -0.25) is 14.4 Å². The van der Waals surface area contributed by atoms with E-state index < -0.39 is 24.8 Å².